The van der Waals surface area contributed by atoms with Crippen LogP contribution in [0.4, 0.5) is 5.69 Å². The van der Waals surface area contributed by atoms with E-state index in [1.54, 1.807) is 4.31 Å². The van der Waals surface area contributed by atoms with E-state index < -0.39 is 10.2 Å². The van der Waals surface area contributed by atoms with Gasteiger partial charge in [0.15, 0.2) is 0 Å². The van der Waals surface area contributed by atoms with Crippen LogP contribution in [0.25, 0.3) is 0 Å². The zero-order valence-electron chi connectivity index (χ0n) is 16.7. The van der Waals surface area contributed by atoms with Crippen molar-refractivity contribution in [3.63, 3.8) is 0 Å². The summed E-state index contributed by atoms with van der Waals surface area (Å²) in [5, 5.41) is 0. The third kappa shape index (κ3) is 4.91. The maximum absolute atomic E-state index is 12.9. The Balaban J connectivity index is 1.21. The fourth-order valence-corrected chi connectivity index (χ4v) is 5.62. The molecule has 7 heteroatoms. The van der Waals surface area contributed by atoms with Gasteiger partial charge in [0, 0.05) is 26.2 Å². The molecule has 0 radical (unpaired) electrons. The first kappa shape index (κ1) is 20.2. The zero-order valence-corrected chi connectivity index (χ0v) is 17.5. The molecule has 2 saturated heterocycles. The Morgan fingerprint density at radius 3 is 2.17 bits per heavy atom. The SMILES string of the molecule is O=S1(=O)N(CCN2CCC(COc3ccccc3)CC2)CCN1c1ccccc1. The Morgan fingerprint density at radius 1 is 0.828 bits per heavy atom. The van der Waals surface area contributed by atoms with Gasteiger partial charge in [-0.1, -0.05) is 36.4 Å². The van der Waals surface area contributed by atoms with Crippen molar-refractivity contribution in [2.45, 2.75) is 12.8 Å². The number of nitrogens with zero attached hydrogens (tertiary/aromatic N) is 3. The zero-order chi connectivity index (χ0) is 20.1. The third-order valence-corrected chi connectivity index (χ3v) is 7.77. The van der Waals surface area contributed by atoms with E-state index in [-0.39, 0.29) is 0 Å². The van der Waals surface area contributed by atoms with E-state index >= 15 is 0 Å². The first-order valence-corrected chi connectivity index (χ1v) is 11.8. The average Bonchev–Trinajstić information content (AvgIpc) is 3.06. The number of ether oxygens (including phenoxy) is 1. The molecule has 0 atom stereocenters. The van der Waals surface area contributed by atoms with Crippen LogP contribution in [-0.2, 0) is 10.2 Å². The number of benzene rings is 2. The monoisotopic (exact) mass is 415 g/mol. The third-order valence-electron chi connectivity index (χ3n) is 5.80. The molecule has 2 aliphatic rings. The molecule has 2 heterocycles. The van der Waals surface area contributed by atoms with Gasteiger partial charge in [-0.05, 0) is 56.1 Å². The lowest BCUT2D eigenvalue weighted by atomic mass is 9.98. The quantitative estimate of drug-likeness (QED) is 0.698. The molecule has 0 saturated carbocycles. The average molecular weight is 416 g/mol. The summed E-state index contributed by atoms with van der Waals surface area (Å²) in [7, 11) is -3.41. The molecule has 0 aliphatic carbocycles. The number of piperidine rings is 1. The molecule has 4 rings (SSSR count). The number of para-hydroxylation sites is 2. The van der Waals surface area contributed by atoms with E-state index in [1.807, 2.05) is 60.7 Å². The number of rotatable bonds is 7. The molecule has 29 heavy (non-hydrogen) atoms. The van der Waals surface area contributed by atoms with Gasteiger partial charge in [-0.3, -0.25) is 4.31 Å². The summed E-state index contributed by atoms with van der Waals surface area (Å²) in [6.45, 7) is 5.16. The largest absolute Gasteiger partial charge is 0.493 e. The molecule has 2 fully saturated rings. The van der Waals surface area contributed by atoms with Gasteiger partial charge in [0.2, 0.25) is 0 Å². The summed E-state index contributed by atoms with van der Waals surface area (Å²) in [5.41, 5.74) is 0.745. The lowest BCUT2D eigenvalue weighted by Crippen LogP contribution is -2.42. The van der Waals surface area contributed by atoms with Crippen LogP contribution in [-0.4, -0.2) is 63.5 Å². The van der Waals surface area contributed by atoms with Crippen LogP contribution in [0.2, 0.25) is 0 Å². The molecule has 0 unspecified atom stereocenters. The van der Waals surface area contributed by atoms with Crippen molar-refractivity contribution in [3.05, 3.63) is 60.7 Å². The van der Waals surface area contributed by atoms with Crippen LogP contribution in [0.15, 0.2) is 60.7 Å². The Labute approximate surface area is 173 Å². The van der Waals surface area contributed by atoms with Crippen LogP contribution < -0.4 is 9.04 Å². The van der Waals surface area contributed by atoms with Gasteiger partial charge in [0.05, 0.1) is 12.3 Å². The summed E-state index contributed by atoms with van der Waals surface area (Å²) in [6.07, 6.45) is 2.19. The van der Waals surface area contributed by atoms with Crippen molar-refractivity contribution in [1.29, 1.82) is 0 Å². The van der Waals surface area contributed by atoms with Gasteiger partial charge in [-0.25, -0.2) is 0 Å². The molecule has 0 bridgehead atoms. The molecule has 2 aromatic carbocycles. The highest BCUT2D eigenvalue weighted by molar-refractivity contribution is 7.90. The first-order valence-electron chi connectivity index (χ1n) is 10.4. The predicted octanol–water partition coefficient (Wildman–Crippen LogP) is 2.84. The molecule has 6 nitrogen and oxygen atoms in total. The Hall–Kier alpha value is -2.09. The van der Waals surface area contributed by atoms with Crippen molar-refractivity contribution < 1.29 is 13.2 Å². The van der Waals surface area contributed by atoms with E-state index in [0.717, 1.165) is 50.5 Å². The van der Waals surface area contributed by atoms with Crippen LogP contribution in [0.1, 0.15) is 12.8 Å². The highest BCUT2D eigenvalue weighted by atomic mass is 32.2. The Bertz CT molecular complexity index is 869. The van der Waals surface area contributed by atoms with Crippen LogP contribution in [0.5, 0.6) is 5.75 Å². The maximum atomic E-state index is 12.9. The van der Waals surface area contributed by atoms with E-state index in [9.17, 15) is 8.42 Å². The van der Waals surface area contributed by atoms with Gasteiger partial charge < -0.3 is 9.64 Å². The van der Waals surface area contributed by atoms with Crippen molar-refractivity contribution in [2.24, 2.45) is 5.92 Å². The van der Waals surface area contributed by atoms with E-state index in [2.05, 4.69) is 4.90 Å². The van der Waals surface area contributed by atoms with Crippen LogP contribution in [0, 0.1) is 5.92 Å². The number of hydrogen-bond donors (Lipinski definition) is 0. The minimum Gasteiger partial charge on any atom is -0.493 e. The van der Waals surface area contributed by atoms with E-state index in [4.69, 9.17) is 4.74 Å². The maximum Gasteiger partial charge on any atom is 0.304 e. The Kier molecular flexibility index (Phi) is 6.37. The fraction of sp³-hybridized carbons (Fsp3) is 0.455. The molecule has 0 amide bonds. The van der Waals surface area contributed by atoms with Crippen LogP contribution in [0.3, 0.4) is 0 Å². The number of likely N-dealkylation sites (tertiary alicyclic amines) is 1. The molecule has 0 aromatic heterocycles. The molecule has 156 valence electrons. The topological polar surface area (TPSA) is 53.1 Å². The second kappa shape index (κ2) is 9.15. The second-order valence-electron chi connectivity index (χ2n) is 7.72. The summed E-state index contributed by atoms with van der Waals surface area (Å²) in [6, 6.07) is 19.3. The van der Waals surface area contributed by atoms with Crippen molar-refractivity contribution in [3.8, 4) is 5.75 Å². The van der Waals surface area contributed by atoms with Gasteiger partial charge >= 0.3 is 10.2 Å². The fourth-order valence-electron chi connectivity index (χ4n) is 4.02. The smallest absolute Gasteiger partial charge is 0.304 e. The van der Waals surface area contributed by atoms with Crippen molar-refractivity contribution in [2.75, 3.05) is 50.2 Å². The Morgan fingerprint density at radius 2 is 1.48 bits per heavy atom. The predicted molar refractivity (Wildman–Crippen MR) is 115 cm³/mol. The van der Waals surface area contributed by atoms with Gasteiger partial charge in [0.1, 0.15) is 5.75 Å². The number of hydrogen-bond acceptors (Lipinski definition) is 4. The lowest BCUT2D eigenvalue weighted by molar-refractivity contribution is 0.137. The standard InChI is InChI=1S/C22H29N3O3S/c26-29(27)24(17-18-25(29)21-7-3-1-4-8-21)16-15-23-13-11-20(12-14-23)19-28-22-9-5-2-6-10-22/h1-10,20H,11-19H2. The summed E-state index contributed by atoms with van der Waals surface area (Å²) < 4.78 is 34.7. The van der Waals surface area contributed by atoms with Crippen molar-refractivity contribution in [1.82, 2.24) is 9.21 Å². The lowest BCUT2D eigenvalue weighted by Gasteiger charge is -2.32. The summed E-state index contributed by atoms with van der Waals surface area (Å²) in [4.78, 5) is 2.37. The number of anilines is 1. The molecule has 2 aromatic rings. The van der Waals surface area contributed by atoms with Crippen molar-refractivity contribution >= 4 is 15.9 Å². The van der Waals surface area contributed by atoms with E-state index in [1.165, 1.54) is 4.31 Å². The van der Waals surface area contributed by atoms with Gasteiger partial charge in [-0.2, -0.15) is 12.7 Å². The minimum atomic E-state index is -3.41. The van der Waals surface area contributed by atoms with Gasteiger partial charge in [-0.15, -0.1) is 0 Å². The highest BCUT2D eigenvalue weighted by Crippen LogP contribution is 2.25. The van der Waals surface area contributed by atoms with Crippen LogP contribution >= 0.6 is 0 Å². The van der Waals surface area contributed by atoms with E-state index in [0.29, 0.717) is 25.6 Å². The summed E-state index contributed by atoms with van der Waals surface area (Å²) >= 11 is 0. The first-order chi connectivity index (χ1) is 14.1. The second-order valence-corrected chi connectivity index (χ2v) is 9.58. The molecular weight excluding hydrogens is 386 g/mol. The molecule has 0 N–H and O–H groups in total. The summed E-state index contributed by atoms with van der Waals surface area (Å²) in [5.74, 6) is 1.49. The van der Waals surface area contributed by atoms with Gasteiger partial charge in [0.25, 0.3) is 0 Å². The highest BCUT2D eigenvalue weighted by Gasteiger charge is 2.36. The molecule has 2 aliphatic heterocycles. The normalized spacial score (nSPS) is 20.8. The minimum absolute atomic E-state index is 0.519. The molecule has 0 spiro atoms. The molecular formula is C22H29N3O3S.